The average Bonchev–Trinajstić information content (AvgIpc) is 1.87. The maximum atomic E-state index is 4.49. The van der Waals surface area contributed by atoms with Gasteiger partial charge in [0.2, 0.25) is 0 Å². The second-order valence-electron chi connectivity index (χ2n) is 3.39. The van der Waals surface area contributed by atoms with Crippen molar-refractivity contribution in [1.29, 1.82) is 0 Å². The lowest BCUT2D eigenvalue weighted by atomic mass is 10.1. The first-order chi connectivity index (χ1) is 5.16. The van der Waals surface area contributed by atoms with E-state index in [1.807, 2.05) is 0 Å². The van der Waals surface area contributed by atoms with Gasteiger partial charge in [-0.1, -0.05) is 13.3 Å². The van der Waals surface area contributed by atoms with Crippen molar-refractivity contribution >= 4 is 12.6 Å². The van der Waals surface area contributed by atoms with Crippen LogP contribution in [0.15, 0.2) is 0 Å². The first-order valence-corrected chi connectivity index (χ1v) is 5.01. The van der Waals surface area contributed by atoms with Crippen LogP contribution < -0.4 is 0 Å². The second kappa shape index (κ2) is 6.99. The molecule has 0 aromatic heterocycles. The van der Waals surface area contributed by atoms with Gasteiger partial charge in [0.15, 0.2) is 0 Å². The maximum Gasteiger partial charge on any atom is 0.00171 e. The zero-order valence-corrected chi connectivity index (χ0v) is 8.90. The van der Waals surface area contributed by atoms with Crippen LogP contribution in [0.5, 0.6) is 0 Å². The third-order valence-electron chi connectivity index (χ3n) is 1.76. The molecule has 0 amide bonds. The minimum Gasteiger partial charge on any atom is -0.309 e. The van der Waals surface area contributed by atoms with Gasteiger partial charge in [-0.25, -0.2) is 0 Å². The van der Waals surface area contributed by atoms with E-state index in [0.29, 0.717) is 5.25 Å². The second-order valence-corrected chi connectivity index (χ2v) is 4.12. The summed E-state index contributed by atoms with van der Waals surface area (Å²) in [6.45, 7) is 3.41. The number of nitrogens with zero attached hydrogens (tertiary/aromatic N) is 1. The molecule has 0 bridgehead atoms. The highest BCUT2D eigenvalue weighted by molar-refractivity contribution is 7.80. The monoisotopic (exact) mass is 175 g/mol. The van der Waals surface area contributed by atoms with Gasteiger partial charge in [-0.15, -0.1) is 0 Å². The van der Waals surface area contributed by atoms with E-state index in [1.54, 1.807) is 0 Å². The Balaban J connectivity index is 3.10. The van der Waals surface area contributed by atoms with Gasteiger partial charge < -0.3 is 4.90 Å². The van der Waals surface area contributed by atoms with Gasteiger partial charge in [0.1, 0.15) is 0 Å². The molecule has 0 N–H and O–H groups in total. The predicted octanol–water partition coefficient (Wildman–Crippen LogP) is 2.43. The molecule has 1 unspecified atom stereocenters. The van der Waals surface area contributed by atoms with Crippen LogP contribution >= 0.6 is 12.6 Å². The molecular formula is C9H21NS. The van der Waals surface area contributed by atoms with E-state index < -0.39 is 0 Å². The summed E-state index contributed by atoms with van der Waals surface area (Å²) in [6, 6.07) is 0. The number of rotatable bonds is 6. The summed E-state index contributed by atoms with van der Waals surface area (Å²) >= 11 is 4.49. The van der Waals surface area contributed by atoms with E-state index in [4.69, 9.17) is 0 Å². The first-order valence-electron chi connectivity index (χ1n) is 4.49. The minimum atomic E-state index is 0.625. The van der Waals surface area contributed by atoms with Crippen molar-refractivity contribution in [3.63, 3.8) is 0 Å². The molecule has 0 aliphatic heterocycles. The molecule has 0 radical (unpaired) electrons. The van der Waals surface area contributed by atoms with E-state index in [2.05, 4.69) is 38.5 Å². The maximum absolute atomic E-state index is 4.49. The lowest BCUT2D eigenvalue weighted by Gasteiger charge is -2.12. The standard InChI is InChI=1S/C9H21NS/c1-4-6-9(11)7-5-8-10(2)3/h9,11H,4-8H2,1-3H3. The highest BCUT2D eigenvalue weighted by Crippen LogP contribution is 2.10. The highest BCUT2D eigenvalue weighted by Gasteiger charge is 2.00. The van der Waals surface area contributed by atoms with Crippen molar-refractivity contribution in [3.8, 4) is 0 Å². The Bertz CT molecular complexity index is 83.6. The summed E-state index contributed by atoms with van der Waals surface area (Å²) < 4.78 is 0. The summed E-state index contributed by atoms with van der Waals surface area (Å²) in [5, 5.41) is 0.625. The molecule has 1 atom stereocenters. The van der Waals surface area contributed by atoms with Crippen molar-refractivity contribution in [2.24, 2.45) is 0 Å². The van der Waals surface area contributed by atoms with Gasteiger partial charge in [0.05, 0.1) is 0 Å². The Morgan fingerprint density at radius 2 is 1.91 bits per heavy atom. The van der Waals surface area contributed by atoms with Crippen LogP contribution in [0.1, 0.15) is 32.6 Å². The van der Waals surface area contributed by atoms with Gasteiger partial charge in [0, 0.05) is 5.25 Å². The van der Waals surface area contributed by atoms with E-state index in [0.717, 1.165) is 0 Å². The summed E-state index contributed by atoms with van der Waals surface area (Å²) in [4.78, 5) is 2.23. The van der Waals surface area contributed by atoms with Gasteiger partial charge >= 0.3 is 0 Å². The molecule has 1 nitrogen and oxygen atoms in total. The van der Waals surface area contributed by atoms with Crippen LogP contribution in [0.3, 0.4) is 0 Å². The fraction of sp³-hybridized carbons (Fsp3) is 1.00. The summed E-state index contributed by atoms with van der Waals surface area (Å²) in [6.07, 6.45) is 5.06. The van der Waals surface area contributed by atoms with Crippen LogP contribution in [0.2, 0.25) is 0 Å². The molecule has 2 heteroatoms. The van der Waals surface area contributed by atoms with Crippen LogP contribution in [0.25, 0.3) is 0 Å². The van der Waals surface area contributed by atoms with Crippen molar-refractivity contribution in [3.05, 3.63) is 0 Å². The number of hydrogen-bond donors (Lipinski definition) is 1. The van der Waals surface area contributed by atoms with Gasteiger partial charge in [-0.2, -0.15) is 12.6 Å². The molecule has 0 aliphatic carbocycles. The molecule has 11 heavy (non-hydrogen) atoms. The third kappa shape index (κ3) is 8.21. The van der Waals surface area contributed by atoms with E-state index >= 15 is 0 Å². The van der Waals surface area contributed by atoms with E-state index in [9.17, 15) is 0 Å². The Labute approximate surface area is 76.6 Å². The van der Waals surface area contributed by atoms with E-state index in [1.165, 1.54) is 32.2 Å². The molecule has 0 heterocycles. The van der Waals surface area contributed by atoms with Crippen LogP contribution in [-0.2, 0) is 0 Å². The predicted molar refractivity (Wildman–Crippen MR) is 55.5 cm³/mol. The normalized spacial score (nSPS) is 13.9. The van der Waals surface area contributed by atoms with Crippen molar-refractivity contribution in [2.75, 3.05) is 20.6 Å². The molecule has 0 saturated heterocycles. The Morgan fingerprint density at radius 3 is 2.36 bits per heavy atom. The SMILES string of the molecule is CCCC(S)CCCN(C)C. The molecule has 0 aromatic rings. The molecule has 0 rings (SSSR count). The molecule has 0 aliphatic rings. The third-order valence-corrected chi connectivity index (χ3v) is 2.28. The van der Waals surface area contributed by atoms with Crippen molar-refractivity contribution < 1.29 is 0 Å². The minimum absolute atomic E-state index is 0.625. The van der Waals surface area contributed by atoms with Crippen molar-refractivity contribution in [1.82, 2.24) is 4.90 Å². The lowest BCUT2D eigenvalue weighted by Crippen LogP contribution is -2.14. The summed E-state index contributed by atoms with van der Waals surface area (Å²) in [7, 11) is 4.24. The first kappa shape index (κ1) is 11.3. The van der Waals surface area contributed by atoms with E-state index in [-0.39, 0.29) is 0 Å². The average molecular weight is 175 g/mol. The Hall–Kier alpha value is 0.310. The molecule has 0 fully saturated rings. The van der Waals surface area contributed by atoms with Crippen LogP contribution in [-0.4, -0.2) is 30.8 Å². The molecule has 0 saturated carbocycles. The van der Waals surface area contributed by atoms with Gasteiger partial charge in [-0.05, 0) is 39.9 Å². The number of thiol groups is 1. The fourth-order valence-electron chi connectivity index (χ4n) is 1.12. The topological polar surface area (TPSA) is 3.24 Å². The molecule has 0 aromatic carbocycles. The molecule has 0 spiro atoms. The molecule has 68 valence electrons. The number of hydrogen-bond acceptors (Lipinski definition) is 2. The summed E-state index contributed by atoms with van der Waals surface area (Å²) in [5.41, 5.74) is 0. The Morgan fingerprint density at radius 1 is 1.27 bits per heavy atom. The zero-order chi connectivity index (χ0) is 8.69. The quantitative estimate of drug-likeness (QED) is 0.607. The lowest BCUT2D eigenvalue weighted by molar-refractivity contribution is 0.392. The highest BCUT2D eigenvalue weighted by atomic mass is 32.1. The largest absolute Gasteiger partial charge is 0.309 e. The molecular weight excluding hydrogens is 154 g/mol. The fourth-order valence-corrected chi connectivity index (χ4v) is 1.56. The van der Waals surface area contributed by atoms with Gasteiger partial charge in [-0.3, -0.25) is 0 Å². The summed E-state index contributed by atoms with van der Waals surface area (Å²) in [5.74, 6) is 0. The van der Waals surface area contributed by atoms with Crippen LogP contribution in [0, 0.1) is 0 Å². The van der Waals surface area contributed by atoms with Crippen molar-refractivity contribution in [2.45, 2.75) is 37.9 Å². The Kier molecular flexibility index (Phi) is 7.18. The smallest absolute Gasteiger partial charge is 0.00171 e. The van der Waals surface area contributed by atoms with Crippen LogP contribution in [0.4, 0.5) is 0 Å². The zero-order valence-electron chi connectivity index (χ0n) is 8.01. The van der Waals surface area contributed by atoms with Gasteiger partial charge in [0.25, 0.3) is 0 Å².